The molecule has 0 bridgehead atoms. The zero-order valence-electron chi connectivity index (χ0n) is 14.5. The fourth-order valence-electron chi connectivity index (χ4n) is 3.02. The molecule has 0 heterocycles. The minimum absolute atomic E-state index is 0.117. The minimum atomic E-state index is 0.117. The van der Waals surface area contributed by atoms with Gasteiger partial charge in [-0.3, -0.25) is 0 Å². The Kier molecular flexibility index (Phi) is 4.50. The highest BCUT2D eigenvalue weighted by atomic mass is 16.5. The molecule has 27 heavy (non-hydrogen) atoms. The third-order valence-corrected chi connectivity index (χ3v) is 4.32. The van der Waals surface area contributed by atoms with Crippen molar-refractivity contribution in [2.45, 2.75) is 0 Å². The number of phenols is 2. The van der Waals surface area contributed by atoms with Crippen molar-refractivity contribution >= 4 is 0 Å². The van der Waals surface area contributed by atoms with Crippen molar-refractivity contribution in [1.82, 2.24) is 0 Å². The topological polar surface area (TPSA) is 49.7 Å². The highest BCUT2D eigenvalue weighted by molar-refractivity contribution is 5.75. The average molecular weight is 354 g/mol. The second-order valence-corrected chi connectivity index (χ2v) is 6.20. The summed E-state index contributed by atoms with van der Waals surface area (Å²) >= 11 is 0. The molecule has 0 saturated heterocycles. The van der Waals surface area contributed by atoms with Gasteiger partial charge >= 0.3 is 0 Å². The van der Waals surface area contributed by atoms with Crippen LogP contribution in [0.15, 0.2) is 97.1 Å². The van der Waals surface area contributed by atoms with Crippen LogP contribution in [0.3, 0.4) is 0 Å². The molecule has 0 amide bonds. The molecule has 4 aromatic rings. The number of rotatable bonds is 4. The number of aromatic hydroxyl groups is 2. The van der Waals surface area contributed by atoms with Gasteiger partial charge in [0.2, 0.25) is 0 Å². The highest BCUT2D eigenvalue weighted by Crippen LogP contribution is 2.40. The lowest BCUT2D eigenvalue weighted by Crippen LogP contribution is -1.91. The first-order chi connectivity index (χ1) is 13.2. The normalized spacial score (nSPS) is 10.5. The van der Waals surface area contributed by atoms with Gasteiger partial charge < -0.3 is 14.9 Å². The van der Waals surface area contributed by atoms with Gasteiger partial charge in [-0.1, -0.05) is 60.7 Å². The Morgan fingerprint density at radius 2 is 0.889 bits per heavy atom. The van der Waals surface area contributed by atoms with E-state index in [-0.39, 0.29) is 11.5 Å². The molecule has 0 fully saturated rings. The van der Waals surface area contributed by atoms with E-state index in [0.29, 0.717) is 11.5 Å². The summed E-state index contributed by atoms with van der Waals surface area (Å²) in [6.45, 7) is 0. The molecular formula is C24H18O3. The van der Waals surface area contributed by atoms with Crippen LogP contribution in [-0.4, -0.2) is 10.2 Å². The van der Waals surface area contributed by atoms with E-state index in [4.69, 9.17) is 4.74 Å². The van der Waals surface area contributed by atoms with Crippen molar-refractivity contribution in [2.24, 2.45) is 0 Å². The maximum absolute atomic E-state index is 9.97. The smallest absolute Gasteiger partial charge is 0.138 e. The molecule has 0 spiro atoms. The zero-order valence-corrected chi connectivity index (χ0v) is 14.5. The Morgan fingerprint density at radius 3 is 1.30 bits per heavy atom. The molecular weight excluding hydrogens is 336 g/mol. The van der Waals surface area contributed by atoms with Gasteiger partial charge in [0.05, 0.1) is 0 Å². The van der Waals surface area contributed by atoms with Crippen LogP contribution in [0.1, 0.15) is 0 Å². The van der Waals surface area contributed by atoms with E-state index in [2.05, 4.69) is 0 Å². The third-order valence-electron chi connectivity index (χ3n) is 4.32. The molecule has 3 heteroatoms. The molecule has 0 aromatic heterocycles. The average Bonchev–Trinajstić information content (AvgIpc) is 2.70. The van der Waals surface area contributed by atoms with Gasteiger partial charge in [0.1, 0.15) is 23.0 Å². The summed E-state index contributed by atoms with van der Waals surface area (Å²) in [5, 5.41) is 19.9. The minimum Gasteiger partial charge on any atom is -0.508 e. The summed E-state index contributed by atoms with van der Waals surface area (Å²) in [5.41, 5.74) is 3.68. The molecule has 2 N–H and O–H groups in total. The van der Waals surface area contributed by atoms with Crippen molar-refractivity contribution in [3.05, 3.63) is 97.1 Å². The van der Waals surface area contributed by atoms with Crippen molar-refractivity contribution in [2.75, 3.05) is 0 Å². The number of phenolic OH excluding ortho intramolecular Hbond substituents is 2. The van der Waals surface area contributed by atoms with Crippen LogP contribution in [0.5, 0.6) is 23.0 Å². The molecule has 0 aliphatic carbocycles. The van der Waals surface area contributed by atoms with E-state index in [0.717, 1.165) is 22.3 Å². The van der Waals surface area contributed by atoms with Gasteiger partial charge in [0, 0.05) is 23.3 Å². The van der Waals surface area contributed by atoms with Crippen LogP contribution in [0.4, 0.5) is 0 Å². The summed E-state index contributed by atoms with van der Waals surface area (Å²) in [7, 11) is 0. The predicted molar refractivity (Wildman–Crippen MR) is 107 cm³/mol. The van der Waals surface area contributed by atoms with Crippen LogP contribution in [0, 0.1) is 0 Å². The van der Waals surface area contributed by atoms with Gasteiger partial charge in [0.25, 0.3) is 0 Å². The fraction of sp³-hybridized carbons (Fsp3) is 0. The quantitative estimate of drug-likeness (QED) is 0.457. The Hall–Kier alpha value is -3.72. The Bertz CT molecular complexity index is 970. The second kappa shape index (κ2) is 7.26. The molecule has 0 aliphatic heterocycles. The molecule has 4 aromatic carbocycles. The molecule has 132 valence electrons. The van der Waals surface area contributed by atoms with Crippen molar-refractivity contribution in [3.63, 3.8) is 0 Å². The summed E-state index contributed by atoms with van der Waals surface area (Å²) in [4.78, 5) is 0. The van der Waals surface area contributed by atoms with Crippen LogP contribution >= 0.6 is 0 Å². The first-order valence-corrected chi connectivity index (χ1v) is 8.65. The van der Waals surface area contributed by atoms with E-state index in [1.165, 1.54) is 0 Å². The fourth-order valence-corrected chi connectivity index (χ4v) is 3.02. The standard InChI is InChI=1S/C24H18O3/c25-19-11-13-21(17-7-3-1-4-8-17)23(15-19)27-24-16-20(26)12-14-22(24)18-9-5-2-6-10-18/h1-16,25-26H. The van der Waals surface area contributed by atoms with Crippen molar-refractivity contribution < 1.29 is 14.9 Å². The summed E-state index contributed by atoms with van der Waals surface area (Å²) in [6, 6.07) is 29.8. The van der Waals surface area contributed by atoms with Crippen LogP contribution in [-0.2, 0) is 0 Å². The maximum Gasteiger partial charge on any atom is 0.138 e. The van der Waals surface area contributed by atoms with E-state index < -0.39 is 0 Å². The maximum atomic E-state index is 9.97. The lowest BCUT2D eigenvalue weighted by molar-refractivity contribution is 0.448. The van der Waals surface area contributed by atoms with Crippen molar-refractivity contribution in [1.29, 1.82) is 0 Å². The second-order valence-electron chi connectivity index (χ2n) is 6.20. The lowest BCUT2D eigenvalue weighted by atomic mass is 10.0. The first kappa shape index (κ1) is 16.7. The number of ether oxygens (including phenoxy) is 1. The predicted octanol–water partition coefficient (Wildman–Crippen LogP) is 6.22. The van der Waals surface area contributed by atoms with Crippen molar-refractivity contribution in [3.8, 4) is 45.3 Å². The van der Waals surface area contributed by atoms with Crippen LogP contribution in [0.25, 0.3) is 22.3 Å². The van der Waals surface area contributed by atoms with E-state index >= 15 is 0 Å². The molecule has 0 atom stereocenters. The lowest BCUT2D eigenvalue weighted by Gasteiger charge is -2.15. The third kappa shape index (κ3) is 3.62. The largest absolute Gasteiger partial charge is 0.508 e. The number of hydrogen-bond acceptors (Lipinski definition) is 3. The van der Waals surface area contributed by atoms with E-state index in [1.807, 2.05) is 72.8 Å². The summed E-state index contributed by atoms with van der Waals surface area (Å²) in [6.07, 6.45) is 0. The highest BCUT2D eigenvalue weighted by Gasteiger charge is 2.13. The molecule has 4 rings (SSSR count). The Labute approximate surface area is 157 Å². The van der Waals surface area contributed by atoms with Gasteiger partial charge in [-0.05, 0) is 35.4 Å². The van der Waals surface area contributed by atoms with E-state index in [9.17, 15) is 10.2 Å². The molecule has 0 radical (unpaired) electrons. The number of benzene rings is 4. The first-order valence-electron chi connectivity index (χ1n) is 8.65. The Balaban J connectivity index is 1.82. The Morgan fingerprint density at radius 1 is 0.481 bits per heavy atom. The van der Waals surface area contributed by atoms with Gasteiger partial charge in [-0.2, -0.15) is 0 Å². The SMILES string of the molecule is Oc1ccc(-c2ccccc2)c(Oc2cc(O)ccc2-c2ccccc2)c1. The van der Waals surface area contributed by atoms with Crippen LogP contribution in [0.2, 0.25) is 0 Å². The summed E-state index contributed by atoms with van der Waals surface area (Å²) in [5.74, 6) is 1.27. The molecule has 0 aliphatic rings. The number of hydrogen-bond donors (Lipinski definition) is 2. The molecule has 0 saturated carbocycles. The molecule has 3 nitrogen and oxygen atoms in total. The van der Waals surface area contributed by atoms with E-state index in [1.54, 1.807) is 24.3 Å². The molecule has 0 unspecified atom stereocenters. The summed E-state index contributed by atoms with van der Waals surface area (Å²) < 4.78 is 6.19. The van der Waals surface area contributed by atoms with Crippen LogP contribution < -0.4 is 4.74 Å². The van der Waals surface area contributed by atoms with Gasteiger partial charge in [-0.25, -0.2) is 0 Å². The van der Waals surface area contributed by atoms with Gasteiger partial charge in [0.15, 0.2) is 0 Å². The van der Waals surface area contributed by atoms with Gasteiger partial charge in [-0.15, -0.1) is 0 Å². The monoisotopic (exact) mass is 354 g/mol. The zero-order chi connectivity index (χ0) is 18.6.